The smallest absolute Gasteiger partial charge is 0.306 e. The number of hydrogen-bond acceptors (Lipinski definition) is 6. The Balaban J connectivity index is 1.70. The van der Waals surface area contributed by atoms with Crippen LogP contribution in [0.25, 0.3) is 0 Å². The average Bonchev–Trinajstić information content (AvgIpc) is 3.11. The number of ether oxygens (including phenoxy) is 2. The van der Waals surface area contributed by atoms with E-state index in [-0.39, 0.29) is 30.5 Å². The lowest BCUT2D eigenvalue weighted by Gasteiger charge is -2.54. The minimum Gasteiger partial charge on any atom is -0.450 e. The van der Waals surface area contributed by atoms with Gasteiger partial charge >= 0.3 is 5.97 Å². The van der Waals surface area contributed by atoms with Gasteiger partial charge in [0.2, 0.25) is 5.78 Å². The van der Waals surface area contributed by atoms with Gasteiger partial charge in [0.25, 0.3) is 0 Å². The van der Waals surface area contributed by atoms with Gasteiger partial charge in [-0.1, -0.05) is 50.8 Å². The molecule has 0 aromatic heterocycles. The first-order valence-electron chi connectivity index (χ1n) is 13.3. The summed E-state index contributed by atoms with van der Waals surface area (Å²) in [5, 5.41) is 11.6. The molecule has 0 aliphatic heterocycles. The Morgan fingerprint density at radius 2 is 1.94 bits per heavy atom. The second-order valence-electron chi connectivity index (χ2n) is 11.1. The molecular weight excluding hydrogens is 444 g/mol. The minimum atomic E-state index is -1.30. The van der Waals surface area contributed by atoms with Crippen LogP contribution in [-0.4, -0.2) is 47.6 Å². The van der Waals surface area contributed by atoms with E-state index in [0.29, 0.717) is 19.4 Å². The van der Waals surface area contributed by atoms with Crippen molar-refractivity contribution < 1.29 is 29.0 Å². The molecule has 1 unspecified atom stereocenters. The average molecular weight is 485 g/mol. The van der Waals surface area contributed by atoms with Gasteiger partial charge < -0.3 is 14.6 Å². The van der Waals surface area contributed by atoms with Crippen LogP contribution < -0.4 is 0 Å². The van der Waals surface area contributed by atoms with Gasteiger partial charge in [0, 0.05) is 23.9 Å². The van der Waals surface area contributed by atoms with Crippen LogP contribution >= 0.6 is 0 Å². The minimum absolute atomic E-state index is 0.00689. The van der Waals surface area contributed by atoms with E-state index >= 15 is 0 Å². The number of hydrogen-bond donors (Lipinski definition) is 1. The van der Waals surface area contributed by atoms with Crippen molar-refractivity contribution in [2.24, 2.45) is 16.7 Å². The highest BCUT2D eigenvalue weighted by molar-refractivity contribution is 6.01. The molecular formula is C29H40O6. The highest BCUT2D eigenvalue weighted by atomic mass is 16.6. The zero-order chi connectivity index (χ0) is 25.4. The summed E-state index contributed by atoms with van der Waals surface area (Å²) in [6, 6.07) is 0. The molecule has 1 saturated carbocycles. The van der Waals surface area contributed by atoms with Crippen LogP contribution in [0.2, 0.25) is 0 Å². The van der Waals surface area contributed by atoms with Crippen LogP contribution in [0.3, 0.4) is 0 Å². The molecule has 6 heteroatoms. The number of aliphatic hydroxyl groups is 1. The van der Waals surface area contributed by atoms with Crippen LogP contribution in [0.5, 0.6) is 0 Å². The quantitative estimate of drug-likeness (QED) is 0.287. The monoisotopic (exact) mass is 484 g/mol. The third-order valence-electron chi connectivity index (χ3n) is 9.13. The topological polar surface area (TPSA) is 89.9 Å². The molecule has 4 aliphatic rings. The molecule has 5 atom stereocenters. The highest BCUT2D eigenvalue weighted by Crippen LogP contribution is 2.65. The fourth-order valence-corrected chi connectivity index (χ4v) is 7.27. The summed E-state index contributed by atoms with van der Waals surface area (Å²) in [5.74, 6) is -0.565. The number of ketones is 2. The molecule has 0 aromatic carbocycles. The molecule has 0 amide bonds. The van der Waals surface area contributed by atoms with Crippen molar-refractivity contribution in [3.8, 4) is 0 Å². The van der Waals surface area contributed by atoms with E-state index in [1.807, 2.05) is 13.0 Å². The first kappa shape index (κ1) is 26.0. The van der Waals surface area contributed by atoms with Gasteiger partial charge in [-0.15, -0.1) is 0 Å². The standard InChI is InChI=1S/C29H40O6/c1-5-7-8-15-34-18-24(32)29(35-25(33)6-2)14-12-22-21-10-9-19-16-20(30)11-13-27(19,3)26(21)23(31)17-28(22,29)4/h11,13,16,22-23,31H,5-10,12,14-15,17-18H2,1-4H3/t22-,23?,27-,28-,29-/m0/s1. The SMILES string of the molecule is CCCCCOCC(=O)[C@@]1(OC(=O)CC)CC[C@H]2C3=C(C(O)C[C@@]21C)[C@@]1(C)C=CC(=O)C=C1CC3. The molecule has 4 rings (SSSR count). The van der Waals surface area contributed by atoms with Crippen LogP contribution in [-0.2, 0) is 23.9 Å². The third kappa shape index (κ3) is 4.17. The van der Waals surface area contributed by atoms with E-state index in [0.717, 1.165) is 49.7 Å². The van der Waals surface area contributed by atoms with Crippen LogP contribution in [0.4, 0.5) is 0 Å². The van der Waals surface area contributed by atoms with Crippen LogP contribution in [0.15, 0.2) is 34.9 Å². The Labute approximate surface area is 208 Å². The Morgan fingerprint density at radius 3 is 2.66 bits per heavy atom. The molecule has 1 fully saturated rings. The van der Waals surface area contributed by atoms with Crippen LogP contribution in [0.1, 0.15) is 85.5 Å². The highest BCUT2D eigenvalue weighted by Gasteiger charge is 2.67. The second-order valence-corrected chi connectivity index (χ2v) is 11.1. The summed E-state index contributed by atoms with van der Waals surface area (Å²) < 4.78 is 11.8. The number of esters is 1. The molecule has 0 spiro atoms. The predicted molar refractivity (Wildman–Crippen MR) is 133 cm³/mol. The summed E-state index contributed by atoms with van der Waals surface area (Å²) >= 11 is 0. The second kappa shape index (κ2) is 9.78. The number of fused-ring (bicyclic) bond motifs is 4. The van der Waals surface area contributed by atoms with E-state index in [1.165, 1.54) is 5.57 Å². The molecule has 0 saturated heterocycles. The third-order valence-corrected chi connectivity index (χ3v) is 9.13. The van der Waals surface area contributed by atoms with E-state index in [4.69, 9.17) is 9.47 Å². The number of allylic oxidation sites excluding steroid dienone is 5. The Morgan fingerprint density at radius 1 is 1.17 bits per heavy atom. The molecule has 192 valence electrons. The zero-order valence-corrected chi connectivity index (χ0v) is 21.7. The molecule has 0 aromatic rings. The first-order chi connectivity index (χ1) is 16.6. The maximum absolute atomic E-state index is 13.7. The first-order valence-corrected chi connectivity index (χ1v) is 13.3. The normalized spacial score (nSPS) is 35.8. The molecule has 35 heavy (non-hydrogen) atoms. The number of carbonyl (C=O) groups is 3. The largest absolute Gasteiger partial charge is 0.450 e. The lowest BCUT2D eigenvalue weighted by Crippen LogP contribution is -2.59. The number of Topliss-reactive ketones (excluding diaryl/α,β-unsaturated/α-hetero) is 1. The molecule has 1 N–H and O–H groups in total. The van der Waals surface area contributed by atoms with Gasteiger partial charge in [-0.3, -0.25) is 14.4 Å². The fraction of sp³-hybridized carbons (Fsp3) is 0.690. The lowest BCUT2D eigenvalue weighted by molar-refractivity contribution is -0.186. The maximum atomic E-state index is 13.7. The van der Waals surface area contributed by atoms with Crippen LogP contribution in [0, 0.1) is 16.7 Å². The molecule has 6 nitrogen and oxygen atoms in total. The van der Waals surface area contributed by atoms with Gasteiger partial charge in [-0.25, -0.2) is 0 Å². The van der Waals surface area contributed by atoms with Gasteiger partial charge in [-0.2, -0.15) is 0 Å². The Hall–Kier alpha value is -2.05. The van der Waals surface area contributed by atoms with E-state index in [9.17, 15) is 19.5 Å². The van der Waals surface area contributed by atoms with E-state index in [1.54, 1.807) is 19.1 Å². The van der Waals surface area contributed by atoms with Crippen molar-refractivity contribution in [2.45, 2.75) is 97.2 Å². The van der Waals surface area contributed by atoms with Crippen molar-refractivity contribution >= 4 is 17.5 Å². The van der Waals surface area contributed by atoms with Crippen molar-refractivity contribution in [1.82, 2.24) is 0 Å². The molecule has 0 radical (unpaired) electrons. The van der Waals surface area contributed by atoms with Gasteiger partial charge in [0.15, 0.2) is 11.4 Å². The summed E-state index contributed by atoms with van der Waals surface area (Å²) in [6.07, 6.45) is 10.6. The van der Waals surface area contributed by atoms with Crippen molar-refractivity contribution in [2.75, 3.05) is 13.2 Å². The van der Waals surface area contributed by atoms with Crippen molar-refractivity contribution in [1.29, 1.82) is 0 Å². The maximum Gasteiger partial charge on any atom is 0.306 e. The number of carbonyl (C=O) groups excluding carboxylic acids is 3. The Bertz CT molecular complexity index is 989. The lowest BCUT2D eigenvalue weighted by atomic mass is 9.52. The number of unbranched alkanes of at least 4 members (excludes halogenated alkanes) is 2. The number of rotatable bonds is 9. The summed E-state index contributed by atoms with van der Waals surface area (Å²) in [7, 11) is 0. The molecule has 0 heterocycles. The number of aliphatic hydroxyl groups excluding tert-OH is 1. The zero-order valence-electron chi connectivity index (χ0n) is 21.7. The van der Waals surface area contributed by atoms with Crippen molar-refractivity contribution in [3.05, 3.63) is 34.9 Å². The Kier molecular flexibility index (Phi) is 7.27. The van der Waals surface area contributed by atoms with E-state index in [2.05, 4.69) is 13.8 Å². The summed E-state index contributed by atoms with van der Waals surface area (Å²) in [4.78, 5) is 38.4. The van der Waals surface area contributed by atoms with Crippen molar-refractivity contribution in [3.63, 3.8) is 0 Å². The molecule has 4 aliphatic carbocycles. The fourth-order valence-electron chi connectivity index (χ4n) is 7.27. The van der Waals surface area contributed by atoms with E-state index < -0.39 is 28.5 Å². The predicted octanol–water partition coefficient (Wildman–Crippen LogP) is 4.80. The summed E-state index contributed by atoms with van der Waals surface area (Å²) in [6.45, 7) is 8.38. The summed E-state index contributed by atoms with van der Waals surface area (Å²) in [5.41, 5.74) is 0.693. The van der Waals surface area contributed by atoms with Gasteiger partial charge in [0.05, 0.1) is 6.10 Å². The molecule has 0 bridgehead atoms. The van der Waals surface area contributed by atoms with Gasteiger partial charge in [-0.05, 0) is 69.1 Å². The van der Waals surface area contributed by atoms with Gasteiger partial charge in [0.1, 0.15) is 6.61 Å².